The third-order valence-electron chi connectivity index (χ3n) is 5.68. The number of benzene rings is 2. The Kier molecular flexibility index (Phi) is 7.98. The SMILES string of the molecule is COc1cc(NC(=O)NCCC2CCN(S(=O)(=O)c3ccc(C)cc3)CC2)cc(OC)c1. The van der Waals surface area contributed by atoms with Crippen molar-refractivity contribution in [2.45, 2.75) is 31.1 Å². The zero-order valence-corrected chi connectivity index (χ0v) is 19.6. The Bertz CT molecular complexity index is 994. The van der Waals surface area contributed by atoms with Crippen LogP contribution in [0.5, 0.6) is 11.5 Å². The molecule has 32 heavy (non-hydrogen) atoms. The molecule has 9 heteroatoms. The molecule has 2 amide bonds. The van der Waals surface area contributed by atoms with E-state index in [1.54, 1.807) is 48.9 Å². The summed E-state index contributed by atoms with van der Waals surface area (Å²) in [4.78, 5) is 12.6. The van der Waals surface area contributed by atoms with Crippen LogP contribution in [0.4, 0.5) is 10.5 Å². The molecule has 0 aromatic heterocycles. The number of carbonyl (C=O) groups is 1. The molecule has 0 atom stereocenters. The number of amides is 2. The van der Waals surface area contributed by atoms with E-state index in [0.29, 0.717) is 47.6 Å². The molecule has 1 fully saturated rings. The first-order chi connectivity index (χ1) is 15.3. The maximum atomic E-state index is 12.8. The highest BCUT2D eigenvalue weighted by Crippen LogP contribution is 2.27. The number of piperidine rings is 1. The summed E-state index contributed by atoms with van der Waals surface area (Å²) in [6.45, 7) is 3.44. The first kappa shape index (κ1) is 23.9. The van der Waals surface area contributed by atoms with Crippen molar-refractivity contribution < 1.29 is 22.7 Å². The molecule has 3 rings (SSSR count). The van der Waals surface area contributed by atoms with Crippen LogP contribution < -0.4 is 20.1 Å². The second-order valence-corrected chi connectivity index (χ2v) is 9.87. The number of nitrogens with zero attached hydrogens (tertiary/aromatic N) is 1. The van der Waals surface area contributed by atoms with E-state index >= 15 is 0 Å². The average molecular weight is 462 g/mol. The number of rotatable bonds is 8. The van der Waals surface area contributed by atoms with Gasteiger partial charge in [-0.05, 0) is 44.2 Å². The number of nitrogens with one attached hydrogen (secondary N) is 2. The minimum Gasteiger partial charge on any atom is -0.497 e. The number of ether oxygens (including phenoxy) is 2. The van der Waals surface area contributed by atoms with Crippen molar-refractivity contribution in [2.24, 2.45) is 5.92 Å². The number of anilines is 1. The van der Waals surface area contributed by atoms with Gasteiger partial charge in [-0.2, -0.15) is 4.31 Å². The first-order valence-corrected chi connectivity index (χ1v) is 12.1. The summed E-state index contributed by atoms with van der Waals surface area (Å²) in [5.74, 6) is 1.55. The number of sulfonamides is 1. The van der Waals surface area contributed by atoms with E-state index in [1.807, 2.05) is 19.1 Å². The number of methoxy groups -OCH3 is 2. The molecule has 8 nitrogen and oxygen atoms in total. The largest absolute Gasteiger partial charge is 0.497 e. The Hall–Kier alpha value is -2.78. The molecule has 2 aromatic rings. The minimum absolute atomic E-state index is 0.306. The summed E-state index contributed by atoms with van der Waals surface area (Å²) >= 11 is 0. The average Bonchev–Trinajstić information content (AvgIpc) is 2.79. The summed E-state index contributed by atoms with van der Waals surface area (Å²) in [5.41, 5.74) is 1.61. The lowest BCUT2D eigenvalue weighted by molar-refractivity contribution is 0.245. The number of carbonyl (C=O) groups excluding carboxylic acids is 1. The number of hydrogen-bond acceptors (Lipinski definition) is 5. The molecular weight excluding hydrogens is 430 g/mol. The molecule has 1 aliphatic heterocycles. The van der Waals surface area contributed by atoms with Crippen molar-refractivity contribution in [2.75, 3.05) is 39.2 Å². The zero-order chi connectivity index (χ0) is 23.1. The van der Waals surface area contributed by atoms with E-state index in [4.69, 9.17) is 9.47 Å². The standard InChI is InChI=1S/C23H31N3O5S/c1-17-4-6-22(7-5-17)32(28,29)26-12-9-18(10-13-26)8-11-24-23(27)25-19-14-20(30-2)16-21(15-19)31-3/h4-7,14-16,18H,8-13H2,1-3H3,(H2,24,25,27). The van der Waals surface area contributed by atoms with Crippen LogP contribution in [0.3, 0.4) is 0 Å². The Labute approximate surface area is 190 Å². The first-order valence-electron chi connectivity index (χ1n) is 10.7. The van der Waals surface area contributed by atoms with Crippen molar-refractivity contribution in [3.63, 3.8) is 0 Å². The van der Waals surface area contributed by atoms with Gasteiger partial charge >= 0.3 is 6.03 Å². The van der Waals surface area contributed by atoms with Crippen molar-refractivity contribution >= 4 is 21.7 Å². The second-order valence-electron chi connectivity index (χ2n) is 7.93. The van der Waals surface area contributed by atoms with Gasteiger partial charge in [0.05, 0.1) is 19.1 Å². The number of urea groups is 1. The Morgan fingerprint density at radius 2 is 1.62 bits per heavy atom. The van der Waals surface area contributed by atoms with Crippen molar-refractivity contribution in [3.05, 3.63) is 48.0 Å². The summed E-state index contributed by atoms with van der Waals surface area (Å²) in [6.07, 6.45) is 2.36. The molecule has 0 radical (unpaired) electrons. The summed E-state index contributed by atoms with van der Waals surface area (Å²) in [6, 6.07) is 11.8. The predicted octanol–water partition coefficient (Wildman–Crippen LogP) is 3.62. The monoisotopic (exact) mass is 461 g/mol. The van der Waals surface area contributed by atoms with Gasteiger partial charge in [0.2, 0.25) is 10.0 Å². The summed E-state index contributed by atoms with van der Waals surface area (Å²) < 4.78 is 37.6. The van der Waals surface area contributed by atoms with Crippen LogP contribution >= 0.6 is 0 Å². The predicted molar refractivity (Wildman–Crippen MR) is 124 cm³/mol. The molecule has 1 aliphatic rings. The van der Waals surface area contributed by atoms with Crippen molar-refractivity contribution in [3.8, 4) is 11.5 Å². The van der Waals surface area contributed by atoms with E-state index in [0.717, 1.165) is 24.8 Å². The Balaban J connectivity index is 1.43. The maximum absolute atomic E-state index is 12.8. The van der Waals surface area contributed by atoms with Gasteiger partial charge in [0.1, 0.15) is 11.5 Å². The summed E-state index contributed by atoms with van der Waals surface area (Å²) in [5, 5.41) is 5.64. The van der Waals surface area contributed by atoms with Crippen LogP contribution in [0.2, 0.25) is 0 Å². The molecule has 1 heterocycles. The van der Waals surface area contributed by atoms with Crippen LogP contribution in [0, 0.1) is 12.8 Å². The second kappa shape index (κ2) is 10.7. The Morgan fingerprint density at radius 3 is 2.19 bits per heavy atom. The van der Waals surface area contributed by atoms with Crippen LogP contribution in [-0.4, -0.2) is 52.6 Å². The molecule has 2 N–H and O–H groups in total. The Morgan fingerprint density at radius 1 is 1.03 bits per heavy atom. The van der Waals surface area contributed by atoms with Gasteiger partial charge in [-0.15, -0.1) is 0 Å². The van der Waals surface area contributed by atoms with Gasteiger partial charge in [0.15, 0.2) is 0 Å². The molecule has 0 bridgehead atoms. The molecule has 0 spiro atoms. The number of hydrogen-bond donors (Lipinski definition) is 2. The lowest BCUT2D eigenvalue weighted by Crippen LogP contribution is -2.39. The molecule has 0 aliphatic carbocycles. The molecule has 174 valence electrons. The smallest absolute Gasteiger partial charge is 0.319 e. The zero-order valence-electron chi connectivity index (χ0n) is 18.8. The van der Waals surface area contributed by atoms with E-state index in [9.17, 15) is 13.2 Å². The molecule has 2 aromatic carbocycles. The van der Waals surface area contributed by atoms with Crippen LogP contribution in [0.25, 0.3) is 0 Å². The highest BCUT2D eigenvalue weighted by molar-refractivity contribution is 7.89. The van der Waals surface area contributed by atoms with Crippen molar-refractivity contribution in [1.82, 2.24) is 9.62 Å². The van der Waals surface area contributed by atoms with E-state index in [1.165, 1.54) is 0 Å². The quantitative estimate of drug-likeness (QED) is 0.626. The van der Waals surface area contributed by atoms with Gasteiger partial charge < -0.3 is 20.1 Å². The van der Waals surface area contributed by atoms with Crippen molar-refractivity contribution in [1.29, 1.82) is 0 Å². The third-order valence-corrected chi connectivity index (χ3v) is 7.59. The van der Waals surface area contributed by atoms with Gasteiger partial charge in [-0.25, -0.2) is 13.2 Å². The van der Waals surface area contributed by atoms with Crippen LogP contribution in [0.1, 0.15) is 24.8 Å². The number of aryl methyl sites for hydroxylation is 1. The fraction of sp³-hybridized carbons (Fsp3) is 0.435. The lowest BCUT2D eigenvalue weighted by atomic mass is 9.95. The minimum atomic E-state index is -3.45. The normalized spacial score (nSPS) is 15.2. The summed E-state index contributed by atoms with van der Waals surface area (Å²) in [7, 11) is -0.346. The highest BCUT2D eigenvalue weighted by atomic mass is 32.2. The lowest BCUT2D eigenvalue weighted by Gasteiger charge is -2.31. The molecule has 1 saturated heterocycles. The molecular formula is C23H31N3O5S. The van der Waals surface area contributed by atoms with Crippen LogP contribution in [-0.2, 0) is 10.0 Å². The highest BCUT2D eigenvalue weighted by Gasteiger charge is 2.29. The fourth-order valence-corrected chi connectivity index (χ4v) is 5.21. The third kappa shape index (κ3) is 6.14. The fourth-order valence-electron chi connectivity index (χ4n) is 3.74. The van der Waals surface area contributed by atoms with E-state index in [-0.39, 0.29) is 6.03 Å². The van der Waals surface area contributed by atoms with Gasteiger partial charge in [-0.1, -0.05) is 17.7 Å². The van der Waals surface area contributed by atoms with E-state index in [2.05, 4.69) is 10.6 Å². The molecule has 0 unspecified atom stereocenters. The maximum Gasteiger partial charge on any atom is 0.319 e. The topological polar surface area (TPSA) is 97.0 Å². The van der Waals surface area contributed by atoms with Gasteiger partial charge in [-0.3, -0.25) is 0 Å². The van der Waals surface area contributed by atoms with Gasteiger partial charge in [0.25, 0.3) is 0 Å². The molecule has 0 saturated carbocycles. The van der Waals surface area contributed by atoms with Crippen LogP contribution in [0.15, 0.2) is 47.4 Å². The van der Waals surface area contributed by atoms with Gasteiger partial charge in [0, 0.05) is 43.5 Å². The van der Waals surface area contributed by atoms with E-state index < -0.39 is 10.0 Å².